The van der Waals surface area contributed by atoms with Crippen LogP contribution in [0.5, 0.6) is 0 Å². The average Bonchev–Trinajstić information content (AvgIpc) is 2.24. The molecule has 1 aliphatic heterocycles. The number of carbonyl (C=O) groups excluding carboxylic acids is 1. The molecule has 1 aliphatic rings. The maximum absolute atomic E-state index is 12.0. The molecule has 0 unspecified atom stereocenters. The van der Waals surface area contributed by atoms with Gasteiger partial charge in [0.2, 0.25) is 4.75 Å². The van der Waals surface area contributed by atoms with E-state index in [0.29, 0.717) is 0 Å². The lowest BCUT2D eigenvalue weighted by Crippen LogP contribution is -2.46. The maximum Gasteiger partial charge on any atom is 0.339 e. The molecule has 2 atom stereocenters. The molecule has 16 heavy (non-hydrogen) atoms. The molecule has 0 aromatic heterocycles. The summed E-state index contributed by atoms with van der Waals surface area (Å²) < 4.78 is 15.3. The Balaban J connectivity index is 3.12. The Hall–Kier alpha value is -1.15. The van der Waals surface area contributed by atoms with E-state index in [1.807, 2.05) is 19.9 Å². The highest BCUT2D eigenvalue weighted by atomic mass is 32.2. The Kier molecular flexibility index (Phi) is 3.87. The molecule has 0 aliphatic carbocycles. The van der Waals surface area contributed by atoms with Gasteiger partial charge in [-0.1, -0.05) is 11.1 Å². The van der Waals surface area contributed by atoms with Gasteiger partial charge in [-0.3, -0.25) is 4.21 Å². The summed E-state index contributed by atoms with van der Waals surface area (Å²) in [6.07, 6.45) is 0.209. The first-order valence-electron chi connectivity index (χ1n) is 5.10. The quantitative estimate of drug-likeness (QED) is 0.540. The van der Waals surface area contributed by atoms with E-state index in [0.717, 1.165) is 11.1 Å². The normalized spacial score (nSPS) is 29.8. The van der Waals surface area contributed by atoms with E-state index < -0.39 is 21.5 Å². The lowest BCUT2D eigenvalue weighted by molar-refractivity contribution is -0.144. The smallest absolute Gasteiger partial charge is 0.339 e. The summed E-state index contributed by atoms with van der Waals surface area (Å²) >= 11 is 0. The van der Waals surface area contributed by atoms with Crippen molar-refractivity contribution >= 4 is 16.8 Å². The van der Waals surface area contributed by atoms with E-state index in [1.54, 1.807) is 6.92 Å². The second-order valence-electron chi connectivity index (χ2n) is 3.89. The van der Waals surface area contributed by atoms with Crippen LogP contribution in [0.3, 0.4) is 0 Å². The summed E-state index contributed by atoms with van der Waals surface area (Å²) in [5.41, 5.74) is 1.95. The van der Waals surface area contributed by atoms with Crippen LogP contribution in [0.1, 0.15) is 27.2 Å². The van der Waals surface area contributed by atoms with Crippen LogP contribution in [-0.4, -0.2) is 27.3 Å². The van der Waals surface area contributed by atoms with Crippen molar-refractivity contribution in [2.45, 2.75) is 31.9 Å². The first-order valence-corrected chi connectivity index (χ1v) is 6.42. The molecule has 0 fully saturated rings. The van der Waals surface area contributed by atoms with Crippen molar-refractivity contribution in [3.63, 3.8) is 0 Å². The first kappa shape index (κ1) is 12.9. The van der Waals surface area contributed by atoms with Crippen molar-refractivity contribution in [3.05, 3.63) is 11.1 Å². The molecule has 0 saturated carbocycles. The van der Waals surface area contributed by atoms with Crippen LogP contribution in [0, 0.1) is 11.3 Å². The Morgan fingerprint density at radius 3 is 2.69 bits per heavy atom. The van der Waals surface area contributed by atoms with Crippen molar-refractivity contribution in [2.75, 3.05) is 12.4 Å². The predicted octanol–water partition coefficient (Wildman–Crippen LogP) is 1.30. The molecule has 88 valence electrons. The number of ether oxygens (including phenoxy) is 1. The van der Waals surface area contributed by atoms with Gasteiger partial charge in [0, 0.05) is 12.2 Å². The third-order valence-corrected chi connectivity index (χ3v) is 4.64. The zero-order valence-electron chi connectivity index (χ0n) is 9.70. The molecule has 0 aromatic rings. The summed E-state index contributed by atoms with van der Waals surface area (Å²) in [7, 11) is -1.51. The molecule has 0 amide bonds. The van der Waals surface area contributed by atoms with Gasteiger partial charge >= 0.3 is 5.97 Å². The fourth-order valence-corrected chi connectivity index (χ4v) is 3.21. The predicted molar refractivity (Wildman–Crippen MR) is 61.0 cm³/mol. The number of carbonyl (C=O) groups is 1. The second-order valence-corrected chi connectivity index (χ2v) is 5.56. The highest BCUT2D eigenvalue weighted by Gasteiger charge is 2.49. The summed E-state index contributed by atoms with van der Waals surface area (Å²) in [4.78, 5) is 11.8. The van der Waals surface area contributed by atoms with Crippen molar-refractivity contribution in [1.82, 2.24) is 0 Å². The van der Waals surface area contributed by atoms with Gasteiger partial charge in [0.25, 0.3) is 0 Å². The summed E-state index contributed by atoms with van der Waals surface area (Å²) in [5, 5.41) is 9.15. The van der Waals surface area contributed by atoms with Gasteiger partial charge < -0.3 is 4.74 Å². The minimum atomic E-state index is -1.51. The Morgan fingerprint density at radius 2 is 2.19 bits per heavy atom. The SMILES string of the molecule is CCOC(=O)[C@]1(C#N)CC(C)=C(C)C[S@]1=O. The third-order valence-electron chi connectivity index (χ3n) is 2.76. The van der Waals surface area contributed by atoms with Crippen LogP contribution in [0.25, 0.3) is 0 Å². The lowest BCUT2D eigenvalue weighted by atomic mass is 9.97. The van der Waals surface area contributed by atoms with Gasteiger partial charge in [0.05, 0.1) is 23.5 Å². The van der Waals surface area contributed by atoms with Crippen LogP contribution >= 0.6 is 0 Å². The minimum Gasteiger partial charge on any atom is -0.464 e. The number of hydrogen-bond donors (Lipinski definition) is 0. The standard InChI is InChI=1S/C11H15NO3S/c1-4-15-10(13)11(7-12)5-8(2)9(3)6-16(11)14/h4-6H2,1-3H3/t11-,16-/m1/s1. The van der Waals surface area contributed by atoms with Gasteiger partial charge in [-0.15, -0.1) is 0 Å². The topological polar surface area (TPSA) is 67.2 Å². The molecule has 0 bridgehead atoms. The summed E-state index contributed by atoms with van der Waals surface area (Å²) in [6.45, 7) is 5.60. The maximum atomic E-state index is 12.0. The molecule has 1 rings (SSSR count). The van der Waals surface area contributed by atoms with Gasteiger partial charge in [0.1, 0.15) is 0 Å². The van der Waals surface area contributed by atoms with Crippen LogP contribution < -0.4 is 0 Å². The fraction of sp³-hybridized carbons (Fsp3) is 0.636. The average molecular weight is 241 g/mol. The van der Waals surface area contributed by atoms with E-state index in [4.69, 9.17) is 10.00 Å². The van der Waals surface area contributed by atoms with Crippen LogP contribution in [0.2, 0.25) is 0 Å². The molecule has 0 saturated heterocycles. The molecule has 0 N–H and O–H groups in total. The molecule has 0 radical (unpaired) electrons. The van der Waals surface area contributed by atoms with Crippen molar-refractivity contribution in [2.24, 2.45) is 0 Å². The number of rotatable bonds is 2. The zero-order chi connectivity index (χ0) is 12.3. The lowest BCUT2D eigenvalue weighted by Gasteiger charge is -2.29. The van der Waals surface area contributed by atoms with Crippen molar-refractivity contribution in [1.29, 1.82) is 5.26 Å². The largest absolute Gasteiger partial charge is 0.464 e. The van der Waals surface area contributed by atoms with E-state index in [1.165, 1.54) is 0 Å². The number of nitrogens with zero attached hydrogens (tertiary/aromatic N) is 1. The van der Waals surface area contributed by atoms with Crippen LogP contribution in [0.4, 0.5) is 0 Å². The minimum absolute atomic E-state index is 0.196. The highest BCUT2D eigenvalue weighted by molar-refractivity contribution is 7.87. The first-order chi connectivity index (χ1) is 7.47. The Bertz CT molecular complexity index is 408. The van der Waals surface area contributed by atoms with Crippen LogP contribution in [0.15, 0.2) is 11.1 Å². The number of nitriles is 1. The third kappa shape index (κ3) is 2.03. The fourth-order valence-electron chi connectivity index (χ4n) is 1.60. The molecule has 1 heterocycles. The zero-order valence-corrected chi connectivity index (χ0v) is 10.5. The molecular weight excluding hydrogens is 226 g/mol. The molecule has 0 spiro atoms. The summed E-state index contributed by atoms with van der Waals surface area (Å²) in [5.74, 6) is -0.388. The monoisotopic (exact) mass is 241 g/mol. The van der Waals surface area contributed by atoms with E-state index >= 15 is 0 Å². The number of hydrogen-bond acceptors (Lipinski definition) is 4. The van der Waals surface area contributed by atoms with E-state index in [-0.39, 0.29) is 18.8 Å². The van der Waals surface area contributed by atoms with Gasteiger partial charge in [-0.05, 0) is 20.8 Å². The van der Waals surface area contributed by atoms with Crippen LogP contribution in [-0.2, 0) is 20.3 Å². The Morgan fingerprint density at radius 1 is 1.56 bits per heavy atom. The molecular formula is C11H15NO3S. The van der Waals surface area contributed by atoms with Crippen molar-refractivity contribution in [3.8, 4) is 6.07 Å². The Labute approximate surface area is 97.7 Å². The molecule has 5 heteroatoms. The number of esters is 1. The summed E-state index contributed by atoms with van der Waals surface area (Å²) in [6, 6.07) is 1.89. The molecule has 0 aromatic carbocycles. The van der Waals surface area contributed by atoms with Gasteiger partial charge in [-0.25, -0.2) is 4.79 Å². The number of allylic oxidation sites excluding steroid dienone is 1. The van der Waals surface area contributed by atoms with Gasteiger partial charge in [-0.2, -0.15) is 5.26 Å². The molecule has 4 nitrogen and oxygen atoms in total. The second kappa shape index (κ2) is 4.79. The van der Waals surface area contributed by atoms with E-state index in [2.05, 4.69) is 0 Å². The van der Waals surface area contributed by atoms with Gasteiger partial charge in [0.15, 0.2) is 0 Å². The highest BCUT2D eigenvalue weighted by Crippen LogP contribution is 2.32. The van der Waals surface area contributed by atoms with Crippen molar-refractivity contribution < 1.29 is 13.7 Å². The van der Waals surface area contributed by atoms with E-state index in [9.17, 15) is 9.00 Å².